The van der Waals surface area contributed by atoms with E-state index in [9.17, 15) is 9.18 Å². The van der Waals surface area contributed by atoms with Gasteiger partial charge in [0.15, 0.2) is 0 Å². The van der Waals surface area contributed by atoms with Gasteiger partial charge in [-0.05, 0) is 37.4 Å². The van der Waals surface area contributed by atoms with Crippen LogP contribution in [0.3, 0.4) is 0 Å². The Bertz CT molecular complexity index is 210. The minimum Gasteiger partial charge on any atom is -0.465 e. The molecule has 0 saturated carbocycles. The van der Waals surface area contributed by atoms with Gasteiger partial charge in [0.05, 0.1) is 13.3 Å². The SMILES string of the molecule is CCCCOC(=O)C(CC(C)C)SCCCCF. The second kappa shape index (κ2) is 11.8. The number of ether oxygens (including phenoxy) is 1. The van der Waals surface area contributed by atoms with Crippen LogP contribution in [0.4, 0.5) is 4.39 Å². The van der Waals surface area contributed by atoms with Crippen molar-refractivity contribution in [1.29, 1.82) is 0 Å². The molecule has 4 heteroatoms. The predicted octanol–water partition coefficient (Wildman–Crippen LogP) is 4.23. The van der Waals surface area contributed by atoms with Gasteiger partial charge in [-0.2, -0.15) is 0 Å². The quantitative estimate of drug-likeness (QED) is 0.418. The summed E-state index contributed by atoms with van der Waals surface area (Å²) in [6.45, 7) is 6.54. The Morgan fingerprint density at radius 2 is 2.00 bits per heavy atom. The fourth-order valence-electron chi connectivity index (χ4n) is 1.49. The molecule has 1 unspecified atom stereocenters. The standard InChI is InChI=1S/C14H27FO2S/c1-4-5-9-17-14(16)13(11-12(2)3)18-10-7-6-8-15/h12-13H,4-11H2,1-3H3. The lowest BCUT2D eigenvalue weighted by Gasteiger charge is -2.17. The van der Waals surface area contributed by atoms with Gasteiger partial charge < -0.3 is 4.74 Å². The number of thioether (sulfide) groups is 1. The molecule has 0 saturated heterocycles. The second-order valence-electron chi connectivity index (χ2n) is 4.91. The lowest BCUT2D eigenvalue weighted by molar-refractivity contribution is -0.143. The molecule has 0 bridgehead atoms. The van der Waals surface area contributed by atoms with Gasteiger partial charge in [0.2, 0.25) is 0 Å². The molecule has 0 spiro atoms. The third kappa shape index (κ3) is 9.75. The first-order valence-corrected chi connectivity index (χ1v) is 8.00. The van der Waals surface area contributed by atoms with Crippen molar-refractivity contribution in [3.63, 3.8) is 0 Å². The second-order valence-corrected chi connectivity index (χ2v) is 6.22. The number of carbonyl (C=O) groups excluding carboxylic acids is 1. The number of esters is 1. The molecule has 0 aromatic carbocycles. The van der Waals surface area contributed by atoms with Crippen molar-refractivity contribution in [2.45, 2.75) is 58.1 Å². The Labute approximate surface area is 115 Å². The molecule has 0 amide bonds. The third-order valence-corrected chi connectivity index (χ3v) is 3.85. The molecule has 0 rings (SSSR count). The Kier molecular flexibility index (Phi) is 11.7. The monoisotopic (exact) mass is 278 g/mol. The molecule has 0 radical (unpaired) electrons. The summed E-state index contributed by atoms with van der Waals surface area (Å²) in [5.41, 5.74) is 0. The highest BCUT2D eigenvalue weighted by Crippen LogP contribution is 2.22. The molecule has 2 nitrogen and oxygen atoms in total. The molecule has 1 atom stereocenters. The number of rotatable bonds is 11. The summed E-state index contributed by atoms with van der Waals surface area (Å²) in [6.07, 6.45) is 4.22. The van der Waals surface area contributed by atoms with Gasteiger partial charge in [-0.1, -0.05) is 27.2 Å². The molecule has 0 aromatic heterocycles. The molecule has 0 aliphatic heterocycles. The fraction of sp³-hybridized carbons (Fsp3) is 0.929. The summed E-state index contributed by atoms with van der Waals surface area (Å²) in [4.78, 5) is 11.9. The van der Waals surface area contributed by atoms with Crippen molar-refractivity contribution >= 4 is 17.7 Å². The highest BCUT2D eigenvalue weighted by Gasteiger charge is 2.21. The lowest BCUT2D eigenvalue weighted by Crippen LogP contribution is -2.23. The maximum absolute atomic E-state index is 12.0. The van der Waals surface area contributed by atoms with E-state index in [2.05, 4.69) is 20.8 Å². The number of alkyl halides is 1. The van der Waals surface area contributed by atoms with E-state index in [0.29, 0.717) is 18.9 Å². The largest absolute Gasteiger partial charge is 0.465 e. The number of unbranched alkanes of at least 4 members (excludes halogenated alkanes) is 2. The van der Waals surface area contributed by atoms with Crippen LogP contribution in [0.5, 0.6) is 0 Å². The number of carbonyl (C=O) groups is 1. The van der Waals surface area contributed by atoms with Crippen LogP contribution in [0.1, 0.15) is 52.9 Å². The lowest BCUT2D eigenvalue weighted by atomic mass is 10.1. The predicted molar refractivity (Wildman–Crippen MR) is 76.8 cm³/mol. The van der Waals surface area contributed by atoms with Crippen molar-refractivity contribution in [3.8, 4) is 0 Å². The molecule has 0 fully saturated rings. The van der Waals surface area contributed by atoms with E-state index in [4.69, 9.17) is 4.74 Å². The number of halogens is 1. The molecule has 108 valence electrons. The van der Waals surface area contributed by atoms with Crippen molar-refractivity contribution in [2.75, 3.05) is 19.0 Å². The molecular weight excluding hydrogens is 251 g/mol. The highest BCUT2D eigenvalue weighted by molar-refractivity contribution is 8.00. The van der Waals surface area contributed by atoms with Crippen LogP contribution < -0.4 is 0 Å². The minimum atomic E-state index is -0.268. The smallest absolute Gasteiger partial charge is 0.319 e. The normalized spacial score (nSPS) is 12.7. The van der Waals surface area contributed by atoms with Gasteiger partial charge in [0.1, 0.15) is 5.25 Å². The van der Waals surface area contributed by atoms with Gasteiger partial charge in [-0.15, -0.1) is 11.8 Å². The highest BCUT2D eigenvalue weighted by atomic mass is 32.2. The van der Waals surface area contributed by atoms with E-state index in [1.54, 1.807) is 11.8 Å². The Morgan fingerprint density at radius 1 is 1.28 bits per heavy atom. The Balaban J connectivity index is 3.99. The summed E-state index contributed by atoms with van der Waals surface area (Å²) >= 11 is 1.61. The molecule has 0 N–H and O–H groups in total. The van der Waals surface area contributed by atoms with Crippen LogP contribution in [0.25, 0.3) is 0 Å². The first-order valence-electron chi connectivity index (χ1n) is 6.96. The zero-order valence-electron chi connectivity index (χ0n) is 11.9. The first-order chi connectivity index (χ1) is 8.61. The zero-order valence-corrected chi connectivity index (χ0v) is 12.7. The van der Waals surface area contributed by atoms with Crippen molar-refractivity contribution in [3.05, 3.63) is 0 Å². The topological polar surface area (TPSA) is 26.3 Å². The maximum atomic E-state index is 12.0. The maximum Gasteiger partial charge on any atom is 0.319 e. The number of hydrogen-bond acceptors (Lipinski definition) is 3. The van der Waals surface area contributed by atoms with Crippen molar-refractivity contribution in [1.82, 2.24) is 0 Å². The van der Waals surface area contributed by atoms with Crippen LogP contribution in [-0.4, -0.2) is 30.3 Å². The van der Waals surface area contributed by atoms with E-state index in [0.717, 1.165) is 31.4 Å². The average molecular weight is 278 g/mol. The number of hydrogen-bond donors (Lipinski definition) is 0. The fourth-order valence-corrected chi connectivity index (χ4v) is 2.87. The van der Waals surface area contributed by atoms with Crippen LogP contribution >= 0.6 is 11.8 Å². The summed E-state index contributed by atoms with van der Waals surface area (Å²) < 4.78 is 17.3. The first kappa shape index (κ1) is 17.8. The van der Waals surface area contributed by atoms with Gasteiger partial charge in [0, 0.05) is 0 Å². The van der Waals surface area contributed by atoms with Gasteiger partial charge in [-0.25, -0.2) is 0 Å². The molecule has 0 heterocycles. The minimum absolute atomic E-state index is 0.0820. The zero-order chi connectivity index (χ0) is 13.8. The van der Waals surface area contributed by atoms with E-state index in [-0.39, 0.29) is 17.9 Å². The molecule has 0 aliphatic carbocycles. The Morgan fingerprint density at radius 3 is 2.56 bits per heavy atom. The van der Waals surface area contributed by atoms with Crippen LogP contribution in [0, 0.1) is 5.92 Å². The van der Waals surface area contributed by atoms with E-state index in [1.807, 2.05) is 0 Å². The third-order valence-electron chi connectivity index (χ3n) is 2.54. The molecular formula is C14H27FO2S. The van der Waals surface area contributed by atoms with E-state index in [1.165, 1.54) is 0 Å². The van der Waals surface area contributed by atoms with Gasteiger partial charge in [0.25, 0.3) is 0 Å². The molecule has 18 heavy (non-hydrogen) atoms. The van der Waals surface area contributed by atoms with E-state index >= 15 is 0 Å². The van der Waals surface area contributed by atoms with Gasteiger partial charge in [-0.3, -0.25) is 9.18 Å². The van der Waals surface area contributed by atoms with Crippen molar-refractivity contribution < 1.29 is 13.9 Å². The molecule has 0 aliphatic rings. The van der Waals surface area contributed by atoms with Crippen LogP contribution in [0.2, 0.25) is 0 Å². The van der Waals surface area contributed by atoms with Crippen LogP contribution in [-0.2, 0) is 9.53 Å². The van der Waals surface area contributed by atoms with E-state index < -0.39 is 0 Å². The van der Waals surface area contributed by atoms with Crippen molar-refractivity contribution in [2.24, 2.45) is 5.92 Å². The molecule has 0 aromatic rings. The van der Waals surface area contributed by atoms with Crippen LogP contribution in [0.15, 0.2) is 0 Å². The summed E-state index contributed by atoms with van der Waals surface area (Å²) in [5, 5.41) is -0.0820. The summed E-state index contributed by atoms with van der Waals surface area (Å²) in [7, 11) is 0. The summed E-state index contributed by atoms with van der Waals surface area (Å²) in [5.74, 6) is 1.22. The average Bonchev–Trinajstić information content (AvgIpc) is 2.32. The Hall–Kier alpha value is -0.250. The van der Waals surface area contributed by atoms with Gasteiger partial charge >= 0.3 is 5.97 Å². The summed E-state index contributed by atoms with van der Waals surface area (Å²) in [6, 6.07) is 0.